The summed E-state index contributed by atoms with van der Waals surface area (Å²) in [6.07, 6.45) is 7.46. The highest BCUT2D eigenvalue weighted by Crippen LogP contribution is 2.30. The number of ether oxygens (including phenoxy) is 1. The number of piperidine rings is 1. The Balaban J connectivity index is 1.58. The molecule has 126 valence electrons. The molecule has 1 aromatic heterocycles. The molecule has 24 heavy (non-hydrogen) atoms. The molecule has 2 heterocycles. The van der Waals surface area contributed by atoms with Gasteiger partial charge >= 0.3 is 0 Å². The number of aromatic nitrogens is 1. The molecule has 1 fully saturated rings. The van der Waals surface area contributed by atoms with E-state index in [4.69, 9.17) is 4.74 Å². The van der Waals surface area contributed by atoms with Gasteiger partial charge in [0.1, 0.15) is 12.4 Å². The number of hydrogen-bond acceptors (Lipinski definition) is 4. The van der Waals surface area contributed by atoms with Crippen LogP contribution >= 0.6 is 0 Å². The third kappa shape index (κ3) is 4.20. The lowest BCUT2D eigenvalue weighted by molar-refractivity contribution is 0.101. The van der Waals surface area contributed by atoms with Crippen molar-refractivity contribution < 1.29 is 9.53 Å². The highest BCUT2D eigenvalue weighted by atomic mass is 16.5. The molecule has 0 radical (unpaired) electrons. The van der Waals surface area contributed by atoms with Crippen LogP contribution in [-0.2, 0) is 0 Å². The molecule has 0 amide bonds. The van der Waals surface area contributed by atoms with E-state index in [1.807, 2.05) is 42.7 Å². The van der Waals surface area contributed by atoms with Crippen molar-refractivity contribution >= 4 is 5.78 Å². The number of nitrogens with zero attached hydrogens (tertiary/aromatic N) is 2. The summed E-state index contributed by atoms with van der Waals surface area (Å²) in [4.78, 5) is 18.2. The second-order valence-electron chi connectivity index (χ2n) is 6.27. The molecule has 4 nitrogen and oxygen atoms in total. The first-order chi connectivity index (χ1) is 11.7. The summed E-state index contributed by atoms with van der Waals surface area (Å²) < 4.78 is 5.87. The first-order valence-electron chi connectivity index (χ1n) is 8.62. The molecule has 2 aromatic rings. The van der Waals surface area contributed by atoms with E-state index in [0.717, 1.165) is 18.8 Å². The topological polar surface area (TPSA) is 42.4 Å². The van der Waals surface area contributed by atoms with Crippen molar-refractivity contribution in [3.05, 3.63) is 59.9 Å². The number of pyridine rings is 1. The predicted octanol–water partition coefficient (Wildman–Crippen LogP) is 3.89. The van der Waals surface area contributed by atoms with Gasteiger partial charge in [-0.1, -0.05) is 24.6 Å². The summed E-state index contributed by atoms with van der Waals surface area (Å²) >= 11 is 0. The normalized spacial score (nSPS) is 18.3. The molecular formula is C20H24N2O2. The maximum atomic E-state index is 11.4. The van der Waals surface area contributed by atoms with Crippen molar-refractivity contribution in [3.8, 4) is 5.75 Å². The van der Waals surface area contributed by atoms with Gasteiger partial charge in [0.15, 0.2) is 5.78 Å². The number of benzene rings is 1. The van der Waals surface area contributed by atoms with Gasteiger partial charge in [-0.05, 0) is 50.1 Å². The van der Waals surface area contributed by atoms with Gasteiger partial charge < -0.3 is 4.74 Å². The maximum absolute atomic E-state index is 11.4. The van der Waals surface area contributed by atoms with Crippen LogP contribution in [-0.4, -0.2) is 35.4 Å². The van der Waals surface area contributed by atoms with Crippen molar-refractivity contribution in [2.45, 2.75) is 32.2 Å². The minimum absolute atomic E-state index is 0.0631. The van der Waals surface area contributed by atoms with Crippen LogP contribution in [0, 0.1) is 0 Å². The number of hydrogen-bond donors (Lipinski definition) is 0. The number of Topliss-reactive ketones (excluding diaryl/α,β-unsaturated/α-hetero) is 1. The molecule has 1 aliphatic heterocycles. The van der Waals surface area contributed by atoms with Crippen LogP contribution in [0.4, 0.5) is 0 Å². The van der Waals surface area contributed by atoms with Gasteiger partial charge in [-0.2, -0.15) is 0 Å². The molecule has 0 saturated carbocycles. The largest absolute Gasteiger partial charge is 0.492 e. The van der Waals surface area contributed by atoms with Crippen molar-refractivity contribution in [1.82, 2.24) is 9.88 Å². The SMILES string of the molecule is CC(=O)c1cccc(OCCN2CCCC[C@@H]2c2cccnc2)c1. The van der Waals surface area contributed by atoms with E-state index < -0.39 is 0 Å². The standard InChI is InChI=1S/C20H24N2O2/c1-16(23)17-6-4-8-19(14-17)24-13-12-22-11-3-2-9-20(22)18-7-5-10-21-15-18/h4-8,10,14-15,20H,2-3,9,11-13H2,1H3/t20-/m1/s1. The number of ketones is 1. The third-order valence-electron chi connectivity index (χ3n) is 4.57. The van der Waals surface area contributed by atoms with Crippen LogP contribution in [0.5, 0.6) is 5.75 Å². The van der Waals surface area contributed by atoms with Gasteiger partial charge in [0.25, 0.3) is 0 Å². The third-order valence-corrected chi connectivity index (χ3v) is 4.57. The molecule has 1 atom stereocenters. The maximum Gasteiger partial charge on any atom is 0.159 e. The van der Waals surface area contributed by atoms with Crippen molar-refractivity contribution in [2.24, 2.45) is 0 Å². The Morgan fingerprint density at radius 2 is 2.21 bits per heavy atom. The Labute approximate surface area is 143 Å². The number of likely N-dealkylation sites (tertiary alicyclic amines) is 1. The lowest BCUT2D eigenvalue weighted by atomic mass is 9.96. The summed E-state index contributed by atoms with van der Waals surface area (Å²) in [5.41, 5.74) is 1.98. The Hall–Kier alpha value is -2.20. The fourth-order valence-corrected chi connectivity index (χ4v) is 3.29. The van der Waals surface area contributed by atoms with Crippen LogP contribution in [0.25, 0.3) is 0 Å². The number of carbonyl (C=O) groups is 1. The zero-order valence-corrected chi connectivity index (χ0v) is 14.1. The van der Waals surface area contributed by atoms with Gasteiger partial charge in [-0.3, -0.25) is 14.7 Å². The van der Waals surface area contributed by atoms with Crippen molar-refractivity contribution in [1.29, 1.82) is 0 Å². The summed E-state index contributed by atoms with van der Waals surface area (Å²) in [5.74, 6) is 0.825. The van der Waals surface area contributed by atoms with E-state index in [1.54, 1.807) is 6.92 Å². The van der Waals surface area contributed by atoms with E-state index in [-0.39, 0.29) is 5.78 Å². The molecule has 1 aromatic carbocycles. The first kappa shape index (κ1) is 16.7. The Kier molecular flexibility index (Phi) is 5.59. The minimum Gasteiger partial charge on any atom is -0.492 e. The van der Waals surface area contributed by atoms with Crippen molar-refractivity contribution in [2.75, 3.05) is 19.7 Å². The van der Waals surface area contributed by atoms with Gasteiger partial charge in [0, 0.05) is 30.5 Å². The summed E-state index contributed by atoms with van der Waals surface area (Å²) in [5, 5.41) is 0. The average Bonchev–Trinajstić information content (AvgIpc) is 2.63. The van der Waals surface area contributed by atoms with E-state index in [1.165, 1.54) is 24.8 Å². The molecular weight excluding hydrogens is 300 g/mol. The average molecular weight is 324 g/mol. The van der Waals surface area contributed by atoms with Gasteiger partial charge in [0.2, 0.25) is 0 Å². The van der Waals surface area contributed by atoms with E-state index in [0.29, 0.717) is 18.2 Å². The summed E-state index contributed by atoms with van der Waals surface area (Å²) in [7, 11) is 0. The minimum atomic E-state index is 0.0631. The second-order valence-corrected chi connectivity index (χ2v) is 6.27. The lowest BCUT2D eigenvalue weighted by Crippen LogP contribution is -2.36. The van der Waals surface area contributed by atoms with E-state index in [9.17, 15) is 4.79 Å². The highest BCUT2D eigenvalue weighted by Gasteiger charge is 2.23. The monoisotopic (exact) mass is 324 g/mol. The Bertz CT molecular complexity index is 672. The highest BCUT2D eigenvalue weighted by molar-refractivity contribution is 5.94. The van der Waals surface area contributed by atoms with Gasteiger partial charge in [0.05, 0.1) is 0 Å². The number of carbonyl (C=O) groups excluding carboxylic acids is 1. The fourth-order valence-electron chi connectivity index (χ4n) is 3.29. The zero-order chi connectivity index (χ0) is 16.8. The molecule has 0 aliphatic carbocycles. The molecule has 4 heteroatoms. The smallest absolute Gasteiger partial charge is 0.159 e. The number of rotatable bonds is 6. The molecule has 1 aliphatic rings. The van der Waals surface area contributed by atoms with Crippen LogP contribution in [0.15, 0.2) is 48.8 Å². The quantitative estimate of drug-likeness (QED) is 0.756. The molecule has 0 spiro atoms. The van der Waals surface area contributed by atoms with E-state index in [2.05, 4.69) is 16.0 Å². The first-order valence-corrected chi connectivity index (χ1v) is 8.62. The lowest BCUT2D eigenvalue weighted by Gasteiger charge is -2.35. The van der Waals surface area contributed by atoms with Crippen molar-refractivity contribution in [3.63, 3.8) is 0 Å². The molecule has 3 rings (SSSR count). The summed E-state index contributed by atoms with van der Waals surface area (Å²) in [6.45, 7) is 4.17. The molecule has 1 saturated heterocycles. The van der Waals surface area contributed by atoms with Crippen LogP contribution in [0.2, 0.25) is 0 Å². The zero-order valence-electron chi connectivity index (χ0n) is 14.1. The molecule has 0 bridgehead atoms. The van der Waals surface area contributed by atoms with Crippen LogP contribution < -0.4 is 4.74 Å². The van der Waals surface area contributed by atoms with Crippen LogP contribution in [0.1, 0.15) is 48.1 Å². The van der Waals surface area contributed by atoms with E-state index >= 15 is 0 Å². The fraction of sp³-hybridized carbons (Fsp3) is 0.400. The molecule has 0 unspecified atom stereocenters. The van der Waals surface area contributed by atoms with Gasteiger partial charge in [-0.25, -0.2) is 0 Å². The predicted molar refractivity (Wildman–Crippen MR) is 94.3 cm³/mol. The van der Waals surface area contributed by atoms with Gasteiger partial charge in [-0.15, -0.1) is 0 Å². The summed E-state index contributed by atoms with van der Waals surface area (Å²) in [6, 6.07) is 12.0. The Morgan fingerprint density at radius 3 is 3.00 bits per heavy atom. The second kappa shape index (κ2) is 8.06. The van der Waals surface area contributed by atoms with Crippen LogP contribution in [0.3, 0.4) is 0 Å². The molecule has 0 N–H and O–H groups in total. The Morgan fingerprint density at radius 1 is 1.29 bits per heavy atom.